The third kappa shape index (κ3) is 6.35. The van der Waals surface area contributed by atoms with Gasteiger partial charge in [0.1, 0.15) is 11.3 Å². The van der Waals surface area contributed by atoms with Crippen LogP contribution in [0.4, 0.5) is 13.2 Å². The summed E-state index contributed by atoms with van der Waals surface area (Å²) in [6, 6.07) is 14.8. The highest BCUT2D eigenvalue weighted by atomic mass is 35.5. The quantitative estimate of drug-likeness (QED) is 0.219. The van der Waals surface area contributed by atoms with Gasteiger partial charge in [-0.25, -0.2) is 0 Å². The number of hydroxylamine groups is 2. The maximum absolute atomic E-state index is 13.9. The van der Waals surface area contributed by atoms with Crippen LogP contribution in [0.5, 0.6) is 5.75 Å². The number of hydrogen-bond acceptors (Lipinski definition) is 5. The minimum atomic E-state index is -4.56. The molecule has 4 rings (SSSR count). The van der Waals surface area contributed by atoms with E-state index in [0.717, 1.165) is 29.3 Å². The number of carboxylic acid groups (broad SMARTS) is 1. The van der Waals surface area contributed by atoms with Crippen molar-refractivity contribution in [3.05, 3.63) is 93.5 Å². The molecule has 4 aromatic rings. The maximum Gasteiger partial charge on any atom is 0.416 e. The third-order valence-electron chi connectivity index (χ3n) is 5.55. The Kier molecular flexibility index (Phi) is 8.17. The molecule has 1 amide bonds. The molecule has 1 N–H and O–H groups in total. The Hall–Kier alpha value is -4.02. The molecule has 0 saturated carbocycles. The third-order valence-corrected chi connectivity index (χ3v) is 6.08. The van der Waals surface area contributed by atoms with Crippen molar-refractivity contribution in [2.24, 2.45) is 0 Å². The van der Waals surface area contributed by atoms with Crippen LogP contribution in [-0.4, -0.2) is 33.7 Å². The van der Waals surface area contributed by atoms with E-state index in [9.17, 15) is 27.9 Å². The zero-order chi connectivity index (χ0) is 28.3. The number of carboxylic acids is 1. The first kappa shape index (κ1) is 28.0. The van der Waals surface area contributed by atoms with Gasteiger partial charge in [-0.3, -0.25) is 9.59 Å². The molecule has 0 saturated heterocycles. The summed E-state index contributed by atoms with van der Waals surface area (Å²) in [5.74, 6) is -1.75. The van der Waals surface area contributed by atoms with Crippen LogP contribution in [0.2, 0.25) is 10.0 Å². The van der Waals surface area contributed by atoms with E-state index in [1.165, 1.54) is 24.3 Å². The molecule has 39 heavy (non-hydrogen) atoms. The van der Waals surface area contributed by atoms with Gasteiger partial charge in [0.05, 0.1) is 23.6 Å². The number of aliphatic carboxylic acids is 1. The van der Waals surface area contributed by atoms with Crippen molar-refractivity contribution < 1.29 is 37.2 Å². The molecule has 0 bridgehead atoms. The van der Waals surface area contributed by atoms with Crippen molar-refractivity contribution in [1.82, 2.24) is 10.2 Å². The summed E-state index contributed by atoms with van der Waals surface area (Å²) in [6.07, 6.45) is -4.83. The number of benzene rings is 3. The molecule has 0 aliphatic rings. The van der Waals surface area contributed by atoms with E-state index in [2.05, 4.69) is 5.16 Å². The number of alkyl halides is 3. The van der Waals surface area contributed by atoms with Crippen LogP contribution < -0.4 is 4.84 Å². The van der Waals surface area contributed by atoms with E-state index in [1.807, 2.05) is 0 Å². The monoisotopic (exact) mass is 578 g/mol. The summed E-state index contributed by atoms with van der Waals surface area (Å²) in [5.41, 5.74) is 0.0256. The Balaban J connectivity index is 1.82. The predicted molar refractivity (Wildman–Crippen MR) is 138 cm³/mol. The van der Waals surface area contributed by atoms with Crippen molar-refractivity contribution in [3.8, 4) is 28.3 Å². The van der Waals surface area contributed by atoms with Crippen LogP contribution >= 0.6 is 23.2 Å². The van der Waals surface area contributed by atoms with Gasteiger partial charge < -0.3 is 14.5 Å². The smallest absolute Gasteiger partial charge is 0.416 e. The van der Waals surface area contributed by atoms with Gasteiger partial charge in [0, 0.05) is 16.1 Å². The second-order valence-corrected chi connectivity index (χ2v) is 9.09. The molecule has 0 aliphatic carbocycles. The normalized spacial score (nSPS) is 11.3. The summed E-state index contributed by atoms with van der Waals surface area (Å²) in [4.78, 5) is 30.8. The molecule has 7 nitrogen and oxygen atoms in total. The Morgan fingerprint density at radius 3 is 2.36 bits per heavy atom. The summed E-state index contributed by atoms with van der Waals surface area (Å²) in [6.45, 7) is 1.67. The summed E-state index contributed by atoms with van der Waals surface area (Å²) >= 11 is 12.2. The van der Waals surface area contributed by atoms with E-state index in [-0.39, 0.29) is 46.3 Å². The van der Waals surface area contributed by atoms with Gasteiger partial charge >= 0.3 is 12.1 Å². The molecule has 0 radical (unpaired) electrons. The van der Waals surface area contributed by atoms with Crippen molar-refractivity contribution in [2.45, 2.75) is 19.5 Å². The molecule has 1 aromatic heterocycles. The zero-order valence-electron chi connectivity index (χ0n) is 20.1. The molecule has 0 spiro atoms. The largest absolute Gasteiger partial charge is 0.481 e. The molecule has 202 valence electrons. The zero-order valence-corrected chi connectivity index (χ0v) is 21.6. The van der Waals surface area contributed by atoms with E-state index < -0.39 is 23.6 Å². The molecule has 12 heteroatoms. The summed E-state index contributed by atoms with van der Waals surface area (Å²) < 4.78 is 44.9. The lowest BCUT2D eigenvalue weighted by molar-refractivity contribution is -0.138. The van der Waals surface area contributed by atoms with Crippen molar-refractivity contribution in [3.63, 3.8) is 0 Å². The summed E-state index contributed by atoms with van der Waals surface area (Å²) in [5, 5.41) is 14.7. The number of carbonyl (C=O) groups is 2. The minimum Gasteiger partial charge on any atom is -0.481 e. The topological polar surface area (TPSA) is 92.9 Å². The molecule has 0 atom stereocenters. The molecule has 0 fully saturated rings. The number of rotatable bonds is 8. The number of carbonyl (C=O) groups excluding carboxylic acids is 1. The fraction of sp³-hybridized carbons (Fsp3) is 0.148. The Morgan fingerprint density at radius 1 is 1.03 bits per heavy atom. The van der Waals surface area contributed by atoms with Crippen molar-refractivity contribution in [1.29, 1.82) is 0 Å². The van der Waals surface area contributed by atoms with Crippen LogP contribution in [0.15, 0.2) is 71.3 Å². The van der Waals surface area contributed by atoms with Gasteiger partial charge in [-0.15, -0.1) is 0 Å². The molecule has 1 heterocycles. The Bertz CT molecular complexity index is 1520. The molecule has 3 aromatic carbocycles. The number of aromatic nitrogens is 1. The van der Waals surface area contributed by atoms with E-state index >= 15 is 0 Å². The van der Waals surface area contributed by atoms with Crippen LogP contribution in [0.1, 0.15) is 28.4 Å². The average Bonchev–Trinajstić information content (AvgIpc) is 3.32. The van der Waals surface area contributed by atoms with E-state index in [1.54, 1.807) is 25.1 Å². The van der Waals surface area contributed by atoms with Crippen molar-refractivity contribution in [2.75, 3.05) is 6.54 Å². The predicted octanol–water partition coefficient (Wildman–Crippen LogP) is 7.42. The van der Waals surface area contributed by atoms with Crippen LogP contribution in [0, 0.1) is 0 Å². The van der Waals surface area contributed by atoms with Gasteiger partial charge in [0.25, 0.3) is 5.91 Å². The Labute approximate surface area is 230 Å². The standard InChI is InChI=1S/C27H19Cl2F3N2O5/c1-2-34(39-21-11-10-19(28)14-20(21)29)26(37)23-24(17-5-3-4-15(12-17)13-22(35)36)33-38-25(23)16-6-8-18(9-7-16)27(30,31)32/h3-12,14H,2,13H2,1H3,(H,35,36). The van der Waals surface area contributed by atoms with Gasteiger partial charge in [0.2, 0.25) is 0 Å². The number of amides is 1. The van der Waals surface area contributed by atoms with Gasteiger partial charge in [-0.2, -0.15) is 18.2 Å². The fourth-order valence-electron chi connectivity index (χ4n) is 3.74. The van der Waals surface area contributed by atoms with Crippen LogP contribution in [-0.2, 0) is 17.4 Å². The van der Waals surface area contributed by atoms with Gasteiger partial charge in [-0.1, -0.05) is 58.7 Å². The number of nitrogens with zero attached hydrogens (tertiary/aromatic N) is 2. The maximum atomic E-state index is 13.9. The van der Waals surface area contributed by atoms with Crippen LogP contribution in [0.25, 0.3) is 22.6 Å². The van der Waals surface area contributed by atoms with Crippen molar-refractivity contribution >= 4 is 35.1 Å². The molecular weight excluding hydrogens is 560 g/mol. The average molecular weight is 579 g/mol. The highest BCUT2D eigenvalue weighted by Crippen LogP contribution is 2.37. The lowest BCUT2D eigenvalue weighted by Crippen LogP contribution is -2.34. The van der Waals surface area contributed by atoms with Gasteiger partial charge in [-0.05, 0) is 48.9 Å². The van der Waals surface area contributed by atoms with Crippen LogP contribution in [0.3, 0.4) is 0 Å². The molecule has 0 aliphatic heterocycles. The second kappa shape index (κ2) is 11.4. The number of hydrogen-bond donors (Lipinski definition) is 1. The summed E-state index contributed by atoms with van der Waals surface area (Å²) in [7, 11) is 0. The molecule has 0 unspecified atom stereocenters. The Morgan fingerprint density at radius 2 is 1.74 bits per heavy atom. The first-order chi connectivity index (χ1) is 18.5. The second-order valence-electron chi connectivity index (χ2n) is 8.25. The molecular formula is C27H19Cl2F3N2O5. The first-order valence-electron chi connectivity index (χ1n) is 11.4. The first-order valence-corrected chi connectivity index (χ1v) is 12.2. The lowest BCUT2D eigenvalue weighted by Gasteiger charge is -2.22. The fourth-order valence-corrected chi connectivity index (χ4v) is 4.18. The van der Waals surface area contributed by atoms with E-state index in [4.69, 9.17) is 32.6 Å². The minimum absolute atomic E-state index is 0.0356. The van der Waals surface area contributed by atoms with E-state index in [0.29, 0.717) is 16.1 Å². The SMILES string of the molecule is CCN(Oc1ccc(Cl)cc1Cl)C(=O)c1c(-c2cccc(CC(=O)O)c2)noc1-c1ccc(C(F)(F)F)cc1. The highest BCUT2D eigenvalue weighted by molar-refractivity contribution is 6.35. The lowest BCUT2D eigenvalue weighted by atomic mass is 9.99. The highest BCUT2D eigenvalue weighted by Gasteiger charge is 2.32. The van der Waals surface area contributed by atoms with Gasteiger partial charge in [0.15, 0.2) is 11.5 Å². The number of halogens is 5.